The number of aliphatic carboxylic acids is 1. The molecule has 2 heteroatoms. The van der Waals surface area contributed by atoms with E-state index in [4.69, 9.17) is 5.11 Å². The molecule has 0 aliphatic carbocycles. The Kier molecular flexibility index (Phi) is 11.7. The van der Waals surface area contributed by atoms with Crippen LogP contribution < -0.4 is 0 Å². The summed E-state index contributed by atoms with van der Waals surface area (Å²) in [6, 6.07) is 0. The van der Waals surface area contributed by atoms with Crippen molar-refractivity contribution in [2.75, 3.05) is 0 Å². The quantitative estimate of drug-likeness (QED) is 0.414. The van der Waals surface area contributed by atoms with Gasteiger partial charge in [-0.05, 0) is 12.8 Å². The standard InChI is InChI=1S/C14H26O2/c1-2-3-4-5-6-7-8-9-10-11-12-13-14(15)16/h12-13H,2-11H2,1H3,(H,15,16). The second-order valence-electron chi connectivity index (χ2n) is 4.36. The third-order valence-electron chi connectivity index (χ3n) is 2.73. The van der Waals surface area contributed by atoms with Crippen molar-refractivity contribution in [1.29, 1.82) is 0 Å². The summed E-state index contributed by atoms with van der Waals surface area (Å²) in [6.07, 6.45) is 15.7. The Hall–Kier alpha value is -0.790. The van der Waals surface area contributed by atoms with Crippen molar-refractivity contribution in [1.82, 2.24) is 0 Å². The van der Waals surface area contributed by atoms with Crippen LogP contribution in [0.4, 0.5) is 0 Å². The van der Waals surface area contributed by atoms with Crippen molar-refractivity contribution in [3.63, 3.8) is 0 Å². The van der Waals surface area contributed by atoms with E-state index in [9.17, 15) is 4.79 Å². The van der Waals surface area contributed by atoms with Gasteiger partial charge in [0.05, 0.1) is 0 Å². The smallest absolute Gasteiger partial charge is 0.327 e. The lowest BCUT2D eigenvalue weighted by Gasteiger charge is -2.00. The highest BCUT2D eigenvalue weighted by Crippen LogP contribution is 2.10. The molecule has 0 saturated carbocycles. The molecule has 0 aromatic rings. The lowest BCUT2D eigenvalue weighted by Crippen LogP contribution is -1.85. The summed E-state index contributed by atoms with van der Waals surface area (Å²) in [5, 5.41) is 8.37. The fourth-order valence-electron chi connectivity index (χ4n) is 1.76. The van der Waals surface area contributed by atoms with E-state index < -0.39 is 5.97 Å². The lowest BCUT2D eigenvalue weighted by molar-refractivity contribution is -0.131. The van der Waals surface area contributed by atoms with Crippen molar-refractivity contribution in [3.8, 4) is 0 Å². The van der Waals surface area contributed by atoms with Gasteiger partial charge in [-0.15, -0.1) is 0 Å². The molecule has 0 amide bonds. The van der Waals surface area contributed by atoms with E-state index in [2.05, 4.69) is 6.92 Å². The molecule has 0 aliphatic rings. The van der Waals surface area contributed by atoms with Crippen LogP contribution in [0, 0.1) is 0 Å². The minimum atomic E-state index is -0.837. The first kappa shape index (κ1) is 15.2. The molecule has 0 radical (unpaired) electrons. The number of hydrogen-bond acceptors (Lipinski definition) is 1. The second kappa shape index (κ2) is 12.3. The Morgan fingerprint density at radius 2 is 1.44 bits per heavy atom. The van der Waals surface area contributed by atoms with Crippen LogP contribution in [-0.2, 0) is 4.79 Å². The molecule has 0 unspecified atom stereocenters. The number of rotatable bonds is 11. The molecule has 0 rings (SSSR count). The maximum atomic E-state index is 10.2. The second-order valence-corrected chi connectivity index (χ2v) is 4.36. The van der Waals surface area contributed by atoms with E-state index in [0.29, 0.717) is 0 Å². The van der Waals surface area contributed by atoms with Crippen LogP contribution in [0.25, 0.3) is 0 Å². The fraction of sp³-hybridized carbons (Fsp3) is 0.786. The van der Waals surface area contributed by atoms with Gasteiger partial charge in [-0.2, -0.15) is 0 Å². The summed E-state index contributed by atoms with van der Waals surface area (Å²) in [5.41, 5.74) is 0. The third-order valence-corrected chi connectivity index (χ3v) is 2.73. The normalized spacial score (nSPS) is 11.1. The summed E-state index contributed by atoms with van der Waals surface area (Å²) in [7, 11) is 0. The van der Waals surface area contributed by atoms with E-state index in [0.717, 1.165) is 12.8 Å². The van der Waals surface area contributed by atoms with Crippen LogP contribution in [0.3, 0.4) is 0 Å². The van der Waals surface area contributed by atoms with Crippen molar-refractivity contribution in [3.05, 3.63) is 12.2 Å². The average Bonchev–Trinajstić information content (AvgIpc) is 2.25. The van der Waals surface area contributed by atoms with Crippen LogP contribution in [0.5, 0.6) is 0 Å². The first-order valence-electron chi connectivity index (χ1n) is 6.67. The van der Waals surface area contributed by atoms with E-state index in [1.165, 1.54) is 57.4 Å². The molecule has 2 nitrogen and oxygen atoms in total. The Morgan fingerprint density at radius 1 is 0.938 bits per heavy atom. The molecule has 0 saturated heterocycles. The van der Waals surface area contributed by atoms with Gasteiger partial charge >= 0.3 is 5.97 Å². The third kappa shape index (κ3) is 13.2. The zero-order chi connectivity index (χ0) is 12.1. The van der Waals surface area contributed by atoms with Gasteiger partial charge in [0.1, 0.15) is 0 Å². The van der Waals surface area contributed by atoms with Crippen molar-refractivity contribution in [2.24, 2.45) is 0 Å². The van der Waals surface area contributed by atoms with Crippen molar-refractivity contribution >= 4 is 5.97 Å². The summed E-state index contributed by atoms with van der Waals surface area (Å²) in [5.74, 6) is -0.837. The maximum Gasteiger partial charge on any atom is 0.327 e. The summed E-state index contributed by atoms with van der Waals surface area (Å²) in [4.78, 5) is 10.2. The molecule has 0 bridgehead atoms. The zero-order valence-electron chi connectivity index (χ0n) is 10.6. The Balaban J connectivity index is 3.01. The molecule has 94 valence electrons. The Morgan fingerprint density at radius 3 is 1.94 bits per heavy atom. The van der Waals surface area contributed by atoms with Gasteiger partial charge in [-0.3, -0.25) is 0 Å². The number of hydrogen-bond donors (Lipinski definition) is 1. The molecule has 0 atom stereocenters. The van der Waals surface area contributed by atoms with Crippen LogP contribution in [0.2, 0.25) is 0 Å². The molecule has 1 N–H and O–H groups in total. The van der Waals surface area contributed by atoms with E-state index in [1.54, 1.807) is 6.08 Å². The predicted molar refractivity (Wildman–Crippen MR) is 68.6 cm³/mol. The molecular weight excluding hydrogens is 200 g/mol. The van der Waals surface area contributed by atoms with Gasteiger partial charge in [0, 0.05) is 6.08 Å². The minimum absolute atomic E-state index is 0.837. The topological polar surface area (TPSA) is 37.3 Å². The van der Waals surface area contributed by atoms with Crippen LogP contribution >= 0.6 is 0 Å². The van der Waals surface area contributed by atoms with Gasteiger partial charge in [0.15, 0.2) is 0 Å². The van der Waals surface area contributed by atoms with Gasteiger partial charge in [-0.25, -0.2) is 4.79 Å². The predicted octanol–water partition coefficient (Wildman–Crippen LogP) is 4.55. The molecule has 0 aromatic heterocycles. The largest absolute Gasteiger partial charge is 0.478 e. The SMILES string of the molecule is CCCCCCCCCCCC=CC(=O)O. The number of unbranched alkanes of at least 4 members (excludes halogenated alkanes) is 9. The van der Waals surface area contributed by atoms with Crippen LogP contribution in [0.15, 0.2) is 12.2 Å². The Bertz CT molecular complexity index is 185. The fourth-order valence-corrected chi connectivity index (χ4v) is 1.76. The number of carboxylic acids is 1. The van der Waals surface area contributed by atoms with E-state index >= 15 is 0 Å². The first-order valence-corrected chi connectivity index (χ1v) is 6.67. The highest BCUT2D eigenvalue weighted by molar-refractivity contribution is 5.79. The number of carboxylic acid groups (broad SMARTS) is 1. The van der Waals surface area contributed by atoms with E-state index in [-0.39, 0.29) is 0 Å². The van der Waals surface area contributed by atoms with Crippen LogP contribution in [-0.4, -0.2) is 11.1 Å². The van der Waals surface area contributed by atoms with Gasteiger partial charge in [-0.1, -0.05) is 64.4 Å². The van der Waals surface area contributed by atoms with Gasteiger partial charge in [0.25, 0.3) is 0 Å². The molecular formula is C14H26O2. The van der Waals surface area contributed by atoms with Gasteiger partial charge in [0.2, 0.25) is 0 Å². The minimum Gasteiger partial charge on any atom is -0.478 e. The van der Waals surface area contributed by atoms with Gasteiger partial charge < -0.3 is 5.11 Å². The summed E-state index contributed by atoms with van der Waals surface area (Å²) < 4.78 is 0. The highest BCUT2D eigenvalue weighted by Gasteiger charge is 1.91. The summed E-state index contributed by atoms with van der Waals surface area (Å²) in [6.45, 7) is 2.24. The average molecular weight is 226 g/mol. The monoisotopic (exact) mass is 226 g/mol. The molecule has 0 aliphatic heterocycles. The van der Waals surface area contributed by atoms with Crippen molar-refractivity contribution in [2.45, 2.75) is 71.1 Å². The number of allylic oxidation sites excluding steroid dienone is 1. The zero-order valence-corrected chi connectivity index (χ0v) is 10.6. The number of carbonyl (C=O) groups is 1. The highest BCUT2D eigenvalue weighted by atomic mass is 16.4. The van der Waals surface area contributed by atoms with E-state index in [1.807, 2.05) is 0 Å². The molecule has 0 spiro atoms. The first-order chi connectivity index (χ1) is 7.77. The Labute approximate surface area is 99.7 Å². The lowest BCUT2D eigenvalue weighted by atomic mass is 10.1. The summed E-state index contributed by atoms with van der Waals surface area (Å²) >= 11 is 0. The molecule has 0 heterocycles. The molecule has 16 heavy (non-hydrogen) atoms. The molecule has 0 fully saturated rings. The van der Waals surface area contributed by atoms with Crippen molar-refractivity contribution < 1.29 is 9.90 Å². The molecule has 0 aromatic carbocycles. The van der Waals surface area contributed by atoms with Crippen LogP contribution in [0.1, 0.15) is 71.1 Å². The maximum absolute atomic E-state index is 10.2.